The lowest BCUT2D eigenvalue weighted by molar-refractivity contribution is -0.385. The fraction of sp³-hybridized carbons (Fsp3) is 0.0952. The minimum Gasteiger partial charge on any atom is -0.488 e. The molecule has 0 aliphatic rings. The summed E-state index contributed by atoms with van der Waals surface area (Å²) < 4.78 is 5.77. The average molecular weight is 407 g/mol. The van der Waals surface area contributed by atoms with Gasteiger partial charge in [0.1, 0.15) is 19.0 Å². The zero-order valence-electron chi connectivity index (χ0n) is 15.7. The van der Waals surface area contributed by atoms with E-state index in [1.165, 1.54) is 30.5 Å². The highest BCUT2D eigenvalue weighted by atomic mass is 16.6. The number of para-hydroxylation sites is 1. The van der Waals surface area contributed by atoms with E-state index in [2.05, 4.69) is 5.16 Å². The molecule has 0 spiro atoms. The van der Waals surface area contributed by atoms with Crippen LogP contribution in [0, 0.1) is 20.2 Å². The van der Waals surface area contributed by atoms with Gasteiger partial charge in [0.15, 0.2) is 0 Å². The Bertz CT molecular complexity index is 1080. The summed E-state index contributed by atoms with van der Waals surface area (Å²) in [7, 11) is 0. The number of oxime groups is 1. The summed E-state index contributed by atoms with van der Waals surface area (Å²) in [6.07, 6.45) is 1.47. The summed E-state index contributed by atoms with van der Waals surface area (Å²) in [5.41, 5.74) is 1.93. The van der Waals surface area contributed by atoms with Crippen molar-refractivity contribution >= 4 is 17.6 Å². The molecule has 0 heterocycles. The Morgan fingerprint density at radius 2 is 1.40 bits per heavy atom. The molecule has 0 atom stereocenters. The first-order valence-corrected chi connectivity index (χ1v) is 8.87. The molecule has 0 saturated heterocycles. The van der Waals surface area contributed by atoms with Crippen LogP contribution in [-0.4, -0.2) is 16.1 Å². The van der Waals surface area contributed by atoms with Crippen molar-refractivity contribution in [2.45, 2.75) is 13.2 Å². The van der Waals surface area contributed by atoms with Crippen LogP contribution in [0.1, 0.15) is 16.7 Å². The molecule has 0 aliphatic carbocycles. The molecule has 0 amide bonds. The number of rotatable bonds is 9. The third kappa shape index (κ3) is 5.61. The maximum absolute atomic E-state index is 10.9. The minimum absolute atomic E-state index is 0.000460. The van der Waals surface area contributed by atoms with Gasteiger partial charge in [0.2, 0.25) is 0 Å². The van der Waals surface area contributed by atoms with E-state index in [0.29, 0.717) is 22.4 Å². The highest BCUT2D eigenvalue weighted by molar-refractivity contribution is 5.83. The number of benzene rings is 3. The van der Waals surface area contributed by atoms with Gasteiger partial charge < -0.3 is 9.57 Å². The van der Waals surface area contributed by atoms with Crippen molar-refractivity contribution in [1.82, 2.24) is 0 Å². The molecule has 152 valence electrons. The van der Waals surface area contributed by atoms with Gasteiger partial charge in [0.25, 0.3) is 11.4 Å². The van der Waals surface area contributed by atoms with Gasteiger partial charge in [-0.2, -0.15) is 0 Å². The van der Waals surface area contributed by atoms with Crippen molar-refractivity contribution in [2.75, 3.05) is 0 Å². The summed E-state index contributed by atoms with van der Waals surface area (Å²) in [4.78, 5) is 26.0. The molecule has 0 N–H and O–H groups in total. The van der Waals surface area contributed by atoms with Gasteiger partial charge >= 0.3 is 0 Å². The van der Waals surface area contributed by atoms with E-state index in [1.807, 2.05) is 6.07 Å². The van der Waals surface area contributed by atoms with Crippen molar-refractivity contribution in [3.8, 4) is 5.75 Å². The molecular formula is C21H17N3O6. The smallest absolute Gasteiger partial charge is 0.269 e. The Kier molecular flexibility index (Phi) is 6.67. The number of hydrogen-bond acceptors (Lipinski definition) is 7. The maximum Gasteiger partial charge on any atom is 0.269 e. The molecule has 30 heavy (non-hydrogen) atoms. The summed E-state index contributed by atoms with van der Waals surface area (Å²) in [5.74, 6) is 0.534. The van der Waals surface area contributed by atoms with Crippen molar-refractivity contribution in [1.29, 1.82) is 0 Å². The third-order valence-electron chi connectivity index (χ3n) is 4.05. The molecule has 3 aromatic rings. The first-order chi connectivity index (χ1) is 14.5. The van der Waals surface area contributed by atoms with Crippen LogP contribution in [0.4, 0.5) is 11.4 Å². The third-order valence-corrected chi connectivity index (χ3v) is 4.05. The van der Waals surface area contributed by atoms with Gasteiger partial charge in [-0.1, -0.05) is 41.6 Å². The van der Waals surface area contributed by atoms with Gasteiger partial charge in [-0.15, -0.1) is 0 Å². The lowest BCUT2D eigenvalue weighted by atomic mass is 10.2. The average Bonchev–Trinajstić information content (AvgIpc) is 2.76. The van der Waals surface area contributed by atoms with Gasteiger partial charge in [-0.3, -0.25) is 20.2 Å². The van der Waals surface area contributed by atoms with E-state index in [1.54, 1.807) is 42.5 Å². The SMILES string of the molecule is O=[N+]([O-])c1cccc(CO/N=C\c2ccccc2OCc2cccc([N+](=O)[O-])c2)c1. The zero-order valence-corrected chi connectivity index (χ0v) is 15.7. The van der Waals surface area contributed by atoms with Gasteiger partial charge in [-0.05, 0) is 23.3 Å². The summed E-state index contributed by atoms with van der Waals surface area (Å²) in [6.45, 7) is 0.232. The van der Waals surface area contributed by atoms with Crippen molar-refractivity contribution in [3.63, 3.8) is 0 Å². The van der Waals surface area contributed by atoms with Gasteiger partial charge in [0.05, 0.1) is 16.1 Å². The molecule has 0 aliphatic heterocycles. The fourth-order valence-electron chi connectivity index (χ4n) is 2.61. The van der Waals surface area contributed by atoms with Crippen molar-refractivity contribution in [2.24, 2.45) is 5.16 Å². The number of ether oxygens (including phenoxy) is 1. The topological polar surface area (TPSA) is 117 Å². The maximum atomic E-state index is 10.9. The van der Waals surface area contributed by atoms with E-state index >= 15 is 0 Å². The molecule has 0 fully saturated rings. The predicted octanol–water partition coefficient (Wildman–Crippen LogP) is 4.63. The van der Waals surface area contributed by atoms with Crippen LogP contribution in [0.25, 0.3) is 0 Å². The second-order valence-electron chi connectivity index (χ2n) is 6.19. The molecule has 0 radical (unpaired) electrons. The van der Waals surface area contributed by atoms with Crippen LogP contribution in [0.3, 0.4) is 0 Å². The Hall–Kier alpha value is -4.27. The van der Waals surface area contributed by atoms with Crippen LogP contribution < -0.4 is 4.74 Å². The number of nitrogens with zero attached hydrogens (tertiary/aromatic N) is 3. The van der Waals surface area contributed by atoms with E-state index in [4.69, 9.17) is 9.57 Å². The Morgan fingerprint density at radius 1 is 0.800 bits per heavy atom. The van der Waals surface area contributed by atoms with E-state index < -0.39 is 9.85 Å². The normalized spacial score (nSPS) is 10.7. The van der Waals surface area contributed by atoms with E-state index in [-0.39, 0.29) is 24.6 Å². The second kappa shape index (κ2) is 9.78. The molecule has 9 nitrogen and oxygen atoms in total. The van der Waals surface area contributed by atoms with Gasteiger partial charge in [0, 0.05) is 29.8 Å². The molecule has 0 aromatic heterocycles. The fourth-order valence-corrected chi connectivity index (χ4v) is 2.61. The monoisotopic (exact) mass is 407 g/mol. The molecule has 0 unspecified atom stereocenters. The summed E-state index contributed by atoms with van der Waals surface area (Å²) in [6, 6.07) is 19.5. The Morgan fingerprint density at radius 3 is 2.03 bits per heavy atom. The van der Waals surface area contributed by atoms with Crippen LogP contribution in [0.5, 0.6) is 5.75 Å². The molecule has 0 saturated carbocycles. The second-order valence-corrected chi connectivity index (χ2v) is 6.19. The van der Waals surface area contributed by atoms with Crippen LogP contribution in [-0.2, 0) is 18.1 Å². The number of hydrogen-bond donors (Lipinski definition) is 0. The van der Waals surface area contributed by atoms with E-state index in [9.17, 15) is 20.2 Å². The molecule has 9 heteroatoms. The van der Waals surface area contributed by atoms with Crippen LogP contribution in [0.15, 0.2) is 78.0 Å². The first-order valence-electron chi connectivity index (χ1n) is 8.87. The summed E-state index contributed by atoms with van der Waals surface area (Å²) >= 11 is 0. The lowest BCUT2D eigenvalue weighted by Crippen LogP contribution is -1.99. The molecular weight excluding hydrogens is 390 g/mol. The van der Waals surface area contributed by atoms with Crippen LogP contribution >= 0.6 is 0 Å². The molecule has 0 bridgehead atoms. The quantitative estimate of drug-likeness (QED) is 0.290. The lowest BCUT2D eigenvalue weighted by Gasteiger charge is -2.09. The summed E-state index contributed by atoms with van der Waals surface area (Å²) in [5, 5.41) is 25.6. The standard InChI is InChI=1S/C21H17N3O6/c25-23(26)19-8-3-5-16(11-19)14-29-21-10-2-1-7-18(21)13-22-30-15-17-6-4-9-20(12-17)24(27)28/h1-13H,14-15H2/b22-13-. The largest absolute Gasteiger partial charge is 0.488 e. The zero-order chi connectivity index (χ0) is 21.3. The molecule has 3 rings (SSSR count). The number of nitro groups is 2. The number of non-ortho nitro benzene ring substituents is 2. The minimum atomic E-state index is -0.471. The number of nitro benzene ring substituents is 2. The van der Waals surface area contributed by atoms with E-state index in [0.717, 1.165) is 0 Å². The highest BCUT2D eigenvalue weighted by Crippen LogP contribution is 2.20. The predicted molar refractivity (Wildman–Crippen MR) is 109 cm³/mol. The van der Waals surface area contributed by atoms with Crippen LogP contribution in [0.2, 0.25) is 0 Å². The first kappa shape index (κ1) is 20.5. The Balaban J connectivity index is 1.61. The van der Waals surface area contributed by atoms with Crippen molar-refractivity contribution in [3.05, 3.63) is 110 Å². The molecule has 3 aromatic carbocycles. The van der Waals surface area contributed by atoms with Crippen molar-refractivity contribution < 1.29 is 19.4 Å². The Labute approximate surface area is 171 Å². The highest BCUT2D eigenvalue weighted by Gasteiger charge is 2.08. The van der Waals surface area contributed by atoms with Gasteiger partial charge in [-0.25, -0.2) is 0 Å².